The smallest absolute Gasteiger partial charge is 0.268 e. The normalized spacial score (nSPS) is 12.4. The maximum Gasteiger partial charge on any atom is 0.268 e. The highest BCUT2D eigenvalue weighted by Crippen LogP contribution is 2.20. The molecule has 0 saturated carbocycles. The summed E-state index contributed by atoms with van der Waals surface area (Å²) in [5.74, 6) is -0.0869. The van der Waals surface area contributed by atoms with E-state index in [0.717, 1.165) is 12.0 Å². The number of carbonyl (C=O) groups excluding carboxylic acids is 1. The first-order valence-corrected chi connectivity index (χ1v) is 7.36. The van der Waals surface area contributed by atoms with E-state index in [1.165, 1.54) is 0 Å². The highest BCUT2D eigenvalue weighted by atomic mass is 16.2. The molecule has 2 rings (SSSR count). The van der Waals surface area contributed by atoms with E-state index in [2.05, 4.69) is 12.2 Å². The summed E-state index contributed by atoms with van der Waals surface area (Å²) in [7, 11) is 0. The summed E-state index contributed by atoms with van der Waals surface area (Å²) in [5.41, 5.74) is 8.16. The van der Waals surface area contributed by atoms with Gasteiger partial charge in [0.25, 0.3) is 5.91 Å². The molecule has 0 aliphatic heterocycles. The van der Waals surface area contributed by atoms with Crippen LogP contribution in [0.15, 0.2) is 42.6 Å². The van der Waals surface area contributed by atoms with Gasteiger partial charge in [-0.2, -0.15) is 0 Å². The Morgan fingerprint density at radius 3 is 2.52 bits per heavy atom. The zero-order valence-corrected chi connectivity index (χ0v) is 12.8. The first kappa shape index (κ1) is 15.2. The number of nitrogens with zero attached hydrogens (tertiary/aromatic N) is 1. The number of carbonyl (C=O) groups is 1. The number of amides is 1. The third kappa shape index (κ3) is 3.45. The van der Waals surface area contributed by atoms with Crippen molar-refractivity contribution in [2.45, 2.75) is 39.3 Å². The van der Waals surface area contributed by atoms with Gasteiger partial charge in [-0.3, -0.25) is 4.79 Å². The molecule has 1 heterocycles. The number of benzene rings is 1. The zero-order chi connectivity index (χ0) is 15.4. The Labute approximate surface area is 126 Å². The van der Waals surface area contributed by atoms with E-state index in [-0.39, 0.29) is 18.0 Å². The minimum absolute atomic E-state index is 0.00966. The highest BCUT2D eigenvalue weighted by molar-refractivity contribution is 5.94. The van der Waals surface area contributed by atoms with Gasteiger partial charge in [0, 0.05) is 12.2 Å². The quantitative estimate of drug-likeness (QED) is 0.882. The van der Waals surface area contributed by atoms with Gasteiger partial charge in [-0.15, -0.1) is 0 Å². The Balaban J connectivity index is 2.21. The fraction of sp³-hybridized carbons (Fsp3) is 0.353. The van der Waals surface area contributed by atoms with Gasteiger partial charge in [0.1, 0.15) is 5.69 Å². The lowest BCUT2D eigenvalue weighted by Crippen LogP contribution is -2.30. The van der Waals surface area contributed by atoms with Crippen LogP contribution < -0.4 is 11.1 Å². The Hall–Kier alpha value is -2.23. The largest absolute Gasteiger partial charge is 0.397 e. The molecule has 1 aromatic carbocycles. The topological polar surface area (TPSA) is 60.1 Å². The van der Waals surface area contributed by atoms with Gasteiger partial charge in [0.2, 0.25) is 0 Å². The number of hydrogen-bond donors (Lipinski definition) is 2. The number of aromatic nitrogens is 1. The standard InChI is InChI=1S/C17H23N3O/c1-4-15(13-8-6-5-7-9-13)19-17(21)16-10-14(18)11-20(16)12(2)3/h5-12,15H,4,18H2,1-3H3,(H,19,21). The van der Waals surface area contributed by atoms with Crippen LogP contribution >= 0.6 is 0 Å². The Morgan fingerprint density at radius 1 is 1.29 bits per heavy atom. The van der Waals surface area contributed by atoms with Crippen molar-refractivity contribution < 1.29 is 4.79 Å². The molecule has 0 saturated heterocycles. The molecular weight excluding hydrogens is 262 g/mol. The maximum absolute atomic E-state index is 12.5. The summed E-state index contributed by atoms with van der Waals surface area (Å²) in [6.45, 7) is 6.13. The lowest BCUT2D eigenvalue weighted by Gasteiger charge is -2.19. The molecule has 1 aromatic heterocycles. The van der Waals surface area contributed by atoms with Crippen LogP contribution in [0.2, 0.25) is 0 Å². The minimum atomic E-state index is -0.0869. The van der Waals surface area contributed by atoms with Crippen molar-refractivity contribution >= 4 is 11.6 Å². The predicted molar refractivity (Wildman–Crippen MR) is 86.2 cm³/mol. The van der Waals surface area contributed by atoms with Crippen molar-refractivity contribution in [2.24, 2.45) is 0 Å². The lowest BCUT2D eigenvalue weighted by molar-refractivity contribution is 0.0924. The van der Waals surface area contributed by atoms with Crippen LogP contribution in [0, 0.1) is 0 Å². The highest BCUT2D eigenvalue weighted by Gasteiger charge is 2.18. The van der Waals surface area contributed by atoms with Crippen molar-refractivity contribution in [3.05, 3.63) is 53.9 Å². The van der Waals surface area contributed by atoms with Gasteiger partial charge in [0.15, 0.2) is 0 Å². The van der Waals surface area contributed by atoms with E-state index < -0.39 is 0 Å². The number of nitrogen functional groups attached to an aromatic ring is 1. The molecule has 0 radical (unpaired) electrons. The number of rotatable bonds is 5. The molecule has 21 heavy (non-hydrogen) atoms. The molecule has 4 heteroatoms. The molecule has 3 N–H and O–H groups in total. The Kier molecular flexibility index (Phi) is 4.68. The number of nitrogens with one attached hydrogen (secondary N) is 1. The average Bonchev–Trinajstić information content (AvgIpc) is 2.88. The number of anilines is 1. The van der Waals surface area contributed by atoms with Crippen LogP contribution in [0.4, 0.5) is 5.69 Å². The fourth-order valence-corrected chi connectivity index (χ4v) is 2.45. The Bertz CT molecular complexity index is 602. The van der Waals surface area contributed by atoms with Crippen molar-refractivity contribution in [1.29, 1.82) is 0 Å². The zero-order valence-electron chi connectivity index (χ0n) is 12.8. The second kappa shape index (κ2) is 6.48. The second-order valence-corrected chi connectivity index (χ2v) is 5.50. The summed E-state index contributed by atoms with van der Waals surface area (Å²) in [4.78, 5) is 12.5. The summed E-state index contributed by atoms with van der Waals surface area (Å²) < 4.78 is 1.91. The van der Waals surface area contributed by atoms with Crippen LogP contribution in [-0.2, 0) is 0 Å². The lowest BCUT2D eigenvalue weighted by atomic mass is 10.0. The molecule has 0 bridgehead atoms. The van der Waals surface area contributed by atoms with Crippen molar-refractivity contribution in [2.75, 3.05) is 5.73 Å². The first-order chi connectivity index (χ1) is 10.0. The average molecular weight is 285 g/mol. The third-order valence-electron chi connectivity index (χ3n) is 3.57. The Morgan fingerprint density at radius 2 is 1.95 bits per heavy atom. The van der Waals surface area contributed by atoms with Crippen LogP contribution in [0.5, 0.6) is 0 Å². The van der Waals surface area contributed by atoms with Crippen molar-refractivity contribution in [1.82, 2.24) is 9.88 Å². The van der Waals surface area contributed by atoms with Crippen LogP contribution in [0.1, 0.15) is 55.3 Å². The third-order valence-corrected chi connectivity index (χ3v) is 3.57. The molecular formula is C17H23N3O. The van der Waals surface area contributed by atoms with Gasteiger partial charge < -0.3 is 15.6 Å². The molecule has 0 aliphatic carbocycles. The van der Waals surface area contributed by atoms with Gasteiger partial charge in [-0.1, -0.05) is 37.3 Å². The van der Waals surface area contributed by atoms with Gasteiger partial charge in [-0.25, -0.2) is 0 Å². The molecule has 0 spiro atoms. The van der Waals surface area contributed by atoms with Gasteiger partial charge in [-0.05, 0) is 31.9 Å². The molecule has 4 nitrogen and oxygen atoms in total. The number of nitrogens with two attached hydrogens (primary N) is 1. The fourth-order valence-electron chi connectivity index (χ4n) is 2.45. The number of hydrogen-bond acceptors (Lipinski definition) is 2. The van der Waals surface area contributed by atoms with Crippen molar-refractivity contribution in [3.8, 4) is 0 Å². The van der Waals surface area contributed by atoms with Gasteiger partial charge in [0.05, 0.1) is 11.7 Å². The van der Waals surface area contributed by atoms with E-state index >= 15 is 0 Å². The molecule has 2 aromatic rings. The van der Waals surface area contributed by atoms with Crippen LogP contribution in [-0.4, -0.2) is 10.5 Å². The van der Waals surface area contributed by atoms with E-state index in [1.807, 2.05) is 54.9 Å². The molecule has 112 valence electrons. The molecule has 1 unspecified atom stereocenters. The van der Waals surface area contributed by atoms with Gasteiger partial charge >= 0.3 is 0 Å². The van der Waals surface area contributed by atoms with Crippen molar-refractivity contribution in [3.63, 3.8) is 0 Å². The molecule has 1 atom stereocenters. The predicted octanol–water partition coefficient (Wildman–Crippen LogP) is 3.53. The van der Waals surface area contributed by atoms with E-state index in [9.17, 15) is 4.79 Å². The summed E-state index contributed by atoms with van der Waals surface area (Å²) in [6, 6.07) is 11.9. The van der Waals surface area contributed by atoms with E-state index in [4.69, 9.17) is 5.73 Å². The first-order valence-electron chi connectivity index (χ1n) is 7.36. The SMILES string of the molecule is CCC(NC(=O)c1cc(N)cn1C(C)C)c1ccccc1. The monoisotopic (exact) mass is 285 g/mol. The van der Waals surface area contributed by atoms with E-state index in [0.29, 0.717) is 11.4 Å². The molecule has 0 aliphatic rings. The molecule has 0 fully saturated rings. The second-order valence-electron chi connectivity index (χ2n) is 5.50. The van der Waals surface area contributed by atoms with Crippen LogP contribution in [0.25, 0.3) is 0 Å². The maximum atomic E-state index is 12.5. The molecule has 1 amide bonds. The summed E-state index contributed by atoms with van der Waals surface area (Å²) in [6.07, 6.45) is 2.65. The van der Waals surface area contributed by atoms with Crippen LogP contribution in [0.3, 0.4) is 0 Å². The summed E-state index contributed by atoms with van der Waals surface area (Å²) in [5, 5.41) is 3.09. The summed E-state index contributed by atoms with van der Waals surface area (Å²) >= 11 is 0. The minimum Gasteiger partial charge on any atom is -0.397 e. The van der Waals surface area contributed by atoms with E-state index in [1.54, 1.807) is 6.07 Å².